The van der Waals surface area contributed by atoms with Crippen LogP contribution in [0.15, 0.2) is 78.0 Å². The summed E-state index contributed by atoms with van der Waals surface area (Å²) in [5.41, 5.74) is 4.53. The van der Waals surface area contributed by atoms with Gasteiger partial charge in [-0.1, -0.05) is 48.5 Å². The number of carboxylic acids is 1. The van der Waals surface area contributed by atoms with Crippen molar-refractivity contribution >= 4 is 38.8 Å². The van der Waals surface area contributed by atoms with Crippen LogP contribution in [0.5, 0.6) is 0 Å². The molecule has 0 saturated heterocycles. The van der Waals surface area contributed by atoms with Crippen LogP contribution < -0.4 is 15.4 Å². The summed E-state index contributed by atoms with van der Waals surface area (Å²) < 4.78 is 28.9. The number of carboxylic acid groups (broad SMARTS) is 1. The number of hydrogen-bond donors (Lipinski definition) is 6. The molecule has 0 bridgehead atoms. The number of carbonyl (C=O) groups is 2. The zero-order chi connectivity index (χ0) is 31.3. The van der Waals surface area contributed by atoms with Crippen LogP contribution in [0, 0.1) is 13.8 Å². The van der Waals surface area contributed by atoms with E-state index in [9.17, 15) is 23.1 Å². The van der Waals surface area contributed by atoms with Gasteiger partial charge in [-0.05, 0) is 61.1 Å². The van der Waals surface area contributed by atoms with Crippen molar-refractivity contribution in [1.29, 1.82) is 0 Å². The van der Waals surface area contributed by atoms with E-state index in [1.807, 2.05) is 30.3 Å². The molecule has 0 aliphatic rings. The lowest BCUT2D eigenvalue weighted by Gasteiger charge is -2.19. The third-order valence-corrected chi connectivity index (χ3v) is 8.97. The maximum atomic E-state index is 13.3. The SMILES string of the molecule is Cc1cc(-c2ccccc2)cc(C)c1S(=O)(=O)NC(CNC(=O)c1ccc2c(CCCNc3ncc[nH]3)[nH]nc2c1)C(=O)O. The standard InChI is InChI=1S/C31H33N7O5S/c1-19-15-23(21-7-4-3-5-8-21)16-20(2)28(19)44(42,43)38-27(30(40)41)18-35-29(39)22-10-11-24-25(36-37-26(24)17-22)9-6-12-32-31-33-13-14-34-31/h3-5,7-8,10-11,13-17,27,38H,6,9,12,18H2,1-2H3,(H,35,39)(H,36,37)(H,40,41)(H2,32,33,34). The Labute approximate surface area is 254 Å². The lowest BCUT2D eigenvalue weighted by molar-refractivity contribution is -0.138. The Kier molecular flexibility index (Phi) is 9.07. The summed E-state index contributed by atoms with van der Waals surface area (Å²) in [5.74, 6) is -1.26. The summed E-state index contributed by atoms with van der Waals surface area (Å²) in [7, 11) is -4.23. The molecular weight excluding hydrogens is 582 g/mol. The van der Waals surface area contributed by atoms with Crippen molar-refractivity contribution in [2.75, 3.05) is 18.4 Å². The molecular formula is C31H33N7O5S. The monoisotopic (exact) mass is 615 g/mol. The lowest BCUT2D eigenvalue weighted by atomic mass is 10.0. The minimum Gasteiger partial charge on any atom is -0.480 e. The number of sulfonamides is 1. The molecule has 0 radical (unpaired) electrons. The second-order valence-electron chi connectivity index (χ2n) is 10.4. The van der Waals surface area contributed by atoms with Gasteiger partial charge in [0.15, 0.2) is 5.95 Å². The first-order valence-corrected chi connectivity index (χ1v) is 15.5. The van der Waals surface area contributed by atoms with Gasteiger partial charge in [-0.25, -0.2) is 13.4 Å². The number of aliphatic carboxylic acids is 1. The fourth-order valence-corrected chi connectivity index (χ4v) is 6.77. The van der Waals surface area contributed by atoms with E-state index in [1.54, 1.807) is 56.6 Å². The van der Waals surface area contributed by atoms with Crippen LogP contribution in [0.25, 0.3) is 22.0 Å². The number of nitrogens with zero attached hydrogens (tertiary/aromatic N) is 2. The number of H-pyrrole nitrogens is 2. The van der Waals surface area contributed by atoms with E-state index in [0.717, 1.165) is 35.0 Å². The molecule has 1 atom stereocenters. The maximum absolute atomic E-state index is 13.3. The summed E-state index contributed by atoms with van der Waals surface area (Å²) in [6.07, 6.45) is 4.96. The van der Waals surface area contributed by atoms with Gasteiger partial charge in [0.05, 0.1) is 10.4 Å². The molecule has 12 nitrogen and oxygen atoms in total. The number of aromatic nitrogens is 4. The number of anilines is 1. The van der Waals surface area contributed by atoms with Gasteiger partial charge in [-0.15, -0.1) is 0 Å². The molecule has 5 aromatic rings. The highest BCUT2D eigenvalue weighted by Gasteiger charge is 2.28. The second kappa shape index (κ2) is 13.1. The van der Waals surface area contributed by atoms with Crippen LogP contribution in [-0.2, 0) is 21.2 Å². The third kappa shape index (κ3) is 6.96. The maximum Gasteiger partial charge on any atom is 0.323 e. The first kappa shape index (κ1) is 30.4. The Balaban J connectivity index is 1.22. The Hall–Kier alpha value is -5.01. The topological polar surface area (TPSA) is 182 Å². The van der Waals surface area contributed by atoms with Crippen molar-refractivity contribution in [3.05, 3.63) is 95.4 Å². The van der Waals surface area contributed by atoms with E-state index >= 15 is 0 Å². The van der Waals surface area contributed by atoms with Gasteiger partial charge < -0.3 is 20.7 Å². The summed E-state index contributed by atoms with van der Waals surface area (Å²) in [6, 6.07) is 16.5. The van der Waals surface area contributed by atoms with Crippen molar-refractivity contribution in [2.45, 2.75) is 37.6 Å². The normalized spacial score (nSPS) is 12.2. The van der Waals surface area contributed by atoms with Gasteiger partial charge in [0.1, 0.15) is 6.04 Å². The molecule has 0 fully saturated rings. The zero-order valence-electron chi connectivity index (χ0n) is 24.2. The Bertz CT molecular complexity index is 1860. The van der Waals surface area contributed by atoms with Gasteiger partial charge in [0.25, 0.3) is 5.91 Å². The van der Waals surface area contributed by atoms with Crippen LogP contribution >= 0.6 is 0 Å². The number of rotatable bonds is 13. The quantitative estimate of drug-likeness (QED) is 0.108. The summed E-state index contributed by atoms with van der Waals surface area (Å²) in [6.45, 7) is 3.58. The highest BCUT2D eigenvalue weighted by Crippen LogP contribution is 2.28. The number of fused-ring (bicyclic) bond motifs is 1. The van der Waals surface area contributed by atoms with Crippen molar-refractivity contribution in [3.63, 3.8) is 0 Å². The highest BCUT2D eigenvalue weighted by atomic mass is 32.2. The van der Waals surface area contributed by atoms with Crippen molar-refractivity contribution in [1.82, 2.24) is 30.2 Å². The summed E-state index contributed by atoms with van der Waals surface area (Å²) >= 11 is 0. The fraction of sp³-hybridized carbons (Fsp3) is 0.226. The Morgan fingerprint density at radius 2 is 1.75 bits per heavy atom. The molecule has 1 unspecified atom stereocenters. The molecule has 44 heavy (non-hydrogen) atoms. The molecule has 6 N–H and O–H groups in total. The van der Waals surface area contributed by atoms with Gasteiger partial charge in [0.2, 0.25) is 10.0 Å². The zero-order valence-corrected chi connectivity index (χ0v) is 25.0. The number of aryl methyl sites for hydroxylation is 3. The van der Waals surface area contributed by atoms with Gasteiger partial charge in [0, 0.05) is 42.1 Å². The average Bonchev–Trinajstić information content (AvgIpc) is 3.67. The van der Waals surface area contributed by atoms with E-state index in [-0.39, 0.29) is 10.5 Å². The van der Waals surface area contributed by atoms with Crippen LogP contribution in [0.1, 0.15) is 33.6 Å². The van der Waals surface area contributed by atoms with E-state index < -0.39 is 34.5 Å². The number of benzene rings is 3. The van der Waals surface area contributed by atoms with E-state index in [1.165, 1.54) is 0 Å². The van der Waals surface area contributed by atoms with Gasteiger partial charge >= 0.3 is 5.97 Å². The minimum atomic E-state index is -4.23. The largest absolute Gasteiger partial charge is 0.480 e. The number of imidazole rings is 1. The number of carbonyl (C=O) groups excluding carboxylic acids is 1. The molecule has 2 aromatic heterocycles. The molecule has 0 aliphatic heterocycles. The van der Waals surface area contributed by atoms with Gasteiger partial charge in [-0.2, -0.15) is 9.82 Å². The van der Waals surface area contributed by atoms with Crippen LogP contribution in [0.3, 0.4) is 0 Å². The van der Waals surface area contributed by atoms with Crippen molar-refractivity contribution in [3.8, 4) is 11.1 Å². The molecule has 1 amide bonds. The predicted octanol–water partition coefficient (Wildman–Crippen LogP) is 3.78. The Morgan fingerprint density at radius 1 is 1.00 bits per heavy atom. The summed E-state index contributed by atoms with van der Waals surface area (Å²) in [4.78, 5) is 32.1. The molecule has 0 saturated carbocycles. The van der Waals surface area contributed by atoms with Crippen LogP contribution in [0.2, 0.25) is 0 Å². The summed E-state index contributed by atoms with van der Waals surface area (Å²) in [5, 5.41) is 23.7. The third-order valence-electron chi connectivity index (χ3n) is 7.19. The first-order valence-electron chi connectivity index (χ1n) is 14.0. The smallest absolute Gasteiger partial charge is 0.323 e. The van der Waals surface area contributed by atoms with Crippen LogP contribution in [-0.4, -0.2) is 64.7 Å². The molecule has 0 spiro atoms. The molecule has 228 valence electrons. The number of amides is 1. The van der Waals surface area contributed by atoms with E-state index in [2.05, 4.69) is 35.5 Å². The first-order chi connectivity index (χ1) is 21.1. The predicted molar refractivity (Wildman–Crippen MR) is 167 cm³/mol. The van der Waals surface area contributed by atoms with Crippen molar-refractivity contribution < 1.29 is 23.1 Å². The van der Waals surface area contributed by atoms with Gasteiger partial charge in [-0.3, -0.25) is 14.7 Å². The average molecular weight is 616 g/mol. The molecule has 2 heterocycles. The number of aromatic amines is 2. The minimum absolute atomic E-state index is 0.00583. The van der Waals surface area contributed by atoms with E-state index in [4.69, 9.17) is 0 Å². The highest BCUT2D eigenvalue weighted by molar-refractivity contribution is 7.89. The number of hydrogen-bond acceptors (Lipinski definition) is 7. The number of nitrogens with one attached hydrogen (secondary N) is 5. The Morgan fingerprint density at radius 3 is 2.43 bits per heavy atom. The van der Waals surface area contributed by atoms with Crippen molar-refractivity contribution in [2.24, 2.45) is 0 Å². The molecule has 13 heteroatoms. The molecule has 0 aliphatic carbocycles. The fourth-order valence-electron chi connectivity index (χ4n) is 5.13. The lowest BCUT2D eigenvalue weighted by Crippen LogP contribution is -2.48. The second-order valence-corrected chi connectivity index (χ2v) is 12.1. The molecule has 5 rings (SSSR count). The van der Waals surface area contributed by atoms with E-state index in [0.29, 0.717) is 29.1 Å². The molecule has 3 aromatic carbocycles. The van der Waals surface area contributed by atoms with Crippen LogP contribution in [0.4, 0.5) is 5.95 Å².